The number of fused-ring (bicyclic) bond motifs is 1. The first-order valence-electron chi connectivity index (χ1n) is 7.38. The number of benzene rings is 1. The molecule has 5 heteroatoms. The third-order valence-corrected chi connectivity index (χ3v) is 3.90. The molecule has 1 N–H and O–H groups in total. The molecule has 0 saturated carbocycles. The van der Waals surface area contributed by atoms with Crippen molar-refractivity contribution >= 4 is 23.5 Å². The van der Waals surface area contributed by atoms with Crippen molar-refractivity contribution in [2.45, 2.75) is 12.0 Å². The summed E-state index contributed by atoms with van der Waals surface area (Å²) in [7, 11) is 0. The number of hydrogen-bond donors (Lipinski definition) is 1. The van der Waals surface area contributed by atoms with E-state index in [1.807, 2.05) is 0 Å². The largest absolute Gasteiger partial charge is 0.465 e. The normalized spacial score (nSPS) is 19.5. The molecule has 1 atom stereocenters. The van der Waals surface area contributed by atoms with E-state index in [0.29, 0.717) is 17.0 Å². The Bertz CT molecular complexity index is 845. The highest BCUT2D eigenvalue weighted by molar-refractivity contribution is 6.10. The van der Waals surface area contributed by atoms with Crippen molar-refractivity contribution in [2.24, 2.45) is 0 Å². The van der Waals surface area contributed by atoms with Gasteiger partial charge in [-0.15, -0.1) is 6.42 Å². The first-order valence-corrected chi connectivity index (χ1v) is 7.38. The number of carbonyl (C=O) groups is 2. The Kier molecular flexibility index (Phi) is 4.07. The third-order valence-electron chi connectivity index (χ3n) is 3.90. The molecule has 5 nitrogen and oxygen atoms in total. The molecule has 0 aliphatic carbocycles. The Hall–Kier alpha value is -3.10. The van der Waals surface area contributed by atoms with Gasteiger partial charge >= 0.3 is 0 Å². The van der Waals surface area contributed by atoms with Crippen molar-refractivity contribution in [3.05, 3.63) is 60.1 Å². The van der Waals surface area contributed by atoms with Gasteiger partial charge in [0.05, 0.1) is 24.9 Å². The second-order valence-electron chi connectivity index (χ2n) is 5.46. The molecule has 120 valence electrons. The minimum absolute atomic E-state index is 0.0363. The van der Waals surface area contributed by atoms with Gasteiger partial charge in [-0.05, 0) is 30.4 Å². The van der Waals surface area contributed by atoms with Gasteiger partial charge in [0.15, 0.2) is 11.4 Å². The quantitative estimate of drug-likeness (QED) is 0.676. The molecule has 0 unspecified atom stereocenters. The number of rotatable bonds is 5. The monoisotopic (exact) mass is 321 g/mol. The van der Waals surface area contributed by atoms with Gasteiger partial charge in [-0.1, -0.05) is 24.1 Å². The Labute approximate surface area is 139 Å². The van der Waals surface area contributed by atoms with E-state index in [2.05, 4.69) is 5.92 Å². The number of nitrogens with zero attached hydrogens (tertiary/aromatic N) is 1. The average molecular weight is 321 g/mol. The van der Waals surface area contributed by atoms with Crippen LogP contribution in [-0.2, 0) is 15.2 Å². The number of terminal acetylenes is 1. The van der Waals surface area contributed by atoms with E-state index in [4.69, 9.17) is 10.8 Å². The first-order chi connectivity index (χ1) is 11.6. The van der Waals surface area contributed by atoms with Gasteiger partial charge in [0.2, 0.25) is 0 Å². The summed E-state index contributed by atoms with van der Waals surface area (Å²) in [6.07, 6.45) is 9.22. The number of anilines is 1. The molecule has 1 aliphatic heterocycles. The van der Waals surface area contributed by atoms with Gasteiger partial charge in [0.25, 0.3) is 5.91 Å². The standard InChI is InChI=1S/C19H15NO4/c1-2-11-20-17-8-4-3-7-16(17)19(23,18(20)22)13-14(21)9-10-15-6-5-12-24-15/h1,3-10,12,23H,11,13H2/b10-9+/t19-/m1/s1. The fourth-order valence-electron chi connectivity index (χ4n) is 2.80. The van der Waals surface area contributed by atoms with E-state index in [1.165, 1.54) is 23.3 Å². The molecule has 2 heterocycles. The fraction of sp³-hybridized carbons (Fsp3) is 0.158. The van der Waals surface area contributed by atoms with E-state index in [1.54, 1.807) is 36.4 Å². The zero-order valence-corrected chi connectivity index (χ0v) is 12.8. The summed E-state index contributed by atoms with van der Waals surface area (Å²) in [4.78, 5) is 26.2. The third kappa shape index (κ3) is 2.64. The molecule has 1 amide bonds. The van der Waals surface area contributed by atoms with Crippen molar-refractivity contribution in [1.82, 2.24) is 0 Å². The van der Waals surface area contributed by atoms with Crippen LogP contribution in [0.25, 0.3) is 6.08 Å². The second kappa shape index (κ2) is 6.19. The first kappa shape index (κ1) is 15.8. The van der Waals surface area contributed by atoms with E-state index in [-0.39, 0.29) is 18.7 Å². The van der Waals surface area contributed by atoms with Crippen LogP contribution in [0.4, 0.5) is 5.69 Å². The molecule has 3 rings (SSSR count). The van der Waals surface area contributed by atoms with Crippen molar-refractivity contribution in [2.75, 3.05) is 11.4 Å². The summed E-state index contributed by atoms with van der Waals surface area (Å²) in [6, 6.07) is 10.2. The molecule has 0 spiro atoms. The number of allylic oxidation sites excluding steroid dienone is 1. The van der Waals surface area contributed by atoms with E-state index < -0.39 is 11.5 Å². The minimum atomic E-state index is -1.90. The average Bonchev–Trinajstić information content (AvgIpc) is 3.16. The maximum atomic E-state index is 12.6. The molecule has 0 radical (unpaired) electrons. The molecule has 2 aromatic rings. The lowest BCUT2D eigenvalue weighted by Crippen LogP contribution is -2.41. The molecule has 1 aromatic heterocycles. The lowest BCUT2D eigenvalue weighted by Gasteiger charge is -2.21. The maximum Gasteiger partial charge on any atom is 0.265 e. The van der Waals surface area contributed by atoms with Crippen LogP contribution in [0.1, 0.15) is 17.7 Å². The van der Waals surface area contributed by atoms with Gasteiger partial charge in [0.1, 0.15) is 5.76 Å². The summed E-state index contributed by atoms with van der Waals surface area (Å²) in [5.41, 5.74) is -0.978. The molecule has 0 bridgehead atoms. The van der Waals surface area contributed by atoms with Gasteiger partial charge < -0.3 is 9.52 Å². The number of amides is 1. The van der Waals surface area contributed by atoms with Crippen LogP contribution in [0.15, 0.2) is 53.2 Å². The van der Waals surface area contributed by atoms with Crippen LogP contribution in [0.5, 0.6) is 0 Å². The van der Waals surface area contributed by atoms with E-state index in [0.717, 1.165) is 0 Å². The molecule has 0 fully saturated rings. The van der Waals surface area contributed by atoms with Gasteiger partial charge in [-0.2, -0.15) is 0 Å². The SMILES string of the molecule is C#CCN1C(=O)[C@@](O)(CC(=O)/C=C/c2ccco2)c2ccccc21. The number of aliphatic hydroxyl groups is 1. The fourth-order valence-corrected chi connectivity index (χ4v) is 2.80. The molecular weight excluding hydrogens is 306 g/mol. The van der Waals surface area contributed by atoms with Crippen LogP contribution in [0.3, 0.4) is 0 Å². The number of hydrogen-bond acceptors (Lipinski definition) is 4. The van der Waals surface area contributed by atoms with Crippen LogP contribution in [-0.4, -0.2) is 23.3 Å². The predicted molar refractivity (Wildman–Crippen MR) is 88.9 cm³/mol. The maximum absolute atomic E-state index is 12.6. The lowest BCUT2D eigenvalue weighted by atomic mass is 9.90. The Morgan fingerprint density at radius 2 is 2.12 bits per heavy atom. The predicted octanol–water partition coefficient (Wildman–Crippen LogP) is 2.12. The van der Waals surface area contributed by atoms with Crippen molar-refractivity contribution in [3.63, 3.8) is 0 Å². The summed E-state index contributed by atoms with van der Waals surface area (Å²) in [5, 5.41) is 10.9. The summed E-state index contributed by atoms with van der Waals surface area (Å²) in [6.45, 7) is 0.0363. The van der Waals surface area contributed by atoms with Crippen molar-refractivity contribution in [1.29, 1.82) is 0 Å². The van der Waals surface area contributed by atoms with Crippen LogP contribution >= 0.6 is 0 Å². The Morgan fingerprint density at radius 1 is 1.33 bits per heavy atom. The summed E-state index contributed by atoms with van der Waals surface area (Å²) < 4.78 is 5.11. The lowest BCUT2D eigenvalue weighted by molar-refractivity contribution is -0.140. The highest BCUT2D eigenvalue weighted by Gasteiger charge is 2.50. The molecule has 0 saturated heterocycles. The second-order valence-corrected chi connectivity index (χ2v) is 5.46. The number of carbonyl (C=O) groups excluding carboxylic acids is 2. The highest BCUT2D eigenvalue weighted by atomic mass is 16.3. The smallest absolute Gasteiger partial charge is 0.265 e. The Balaban J connectivity index is 1.87. The van der Waals surface area contributed by atoms with Gasteiger partial charge in [-0.25, -0.2) is 0 Å². The number of ketones is 1. The number of para-hydroxylation sites is 1. The molecule has 1 aliphatic rings. The number of furan rings is 1. The van der Waals surface area contributed by atoms with Crippen LogP contribution < -0.4 is 4.90 Å². The van der Waals surface area contributed by atoms with Crippen LogP contribution in [0, 0.1) is 12.3 Å². The topological polar surface area (TPSA) is 70.8 Å². The van der Waals surface area contributed by atoms with Crippen molar-refractivity contribution < 1.29 is 19.1 Å². The Morgan fingerprint density at radius 3 is 2.83 bits per heavy atom. The highest BCUT2D eigenvalue weighted by Crippen LogP contribution is 2.42. The zero-order valence-electron chi connectivity index (χ0n) is 12.8. The minimum Gasteiger partial charge on any atom is -0.465 e. The van der Waals surface area contributed by atoms with Gasteiger partial charge in [-0.3, -0.25) is 14.5 Å². The zero-order chi connectivity index (χ0) is 17.2. The molecule has 1 aromatic carbocycles. The summed E-state index contributed by atoms with van der Waals surface area (Å²) in [5.74, 6) is 1.94. The summed E-state index contributed by atoms with van der Waals surface area (Å²) >= 11 is 0. The van der Waals surface area contributed by atoms with Crippen molar-refractivity contribution in [3.8, 4) is 12.3 Å². The molecular formula is C19H15NO4. The van der Waals surface area contributed by atoms with E-state index in [9.17, 15) is 14.7 Å². The van der Waals surface area contributed by atoms with Gasteiger partial charge in [0, 0.05) is 5.56 Å². The van der Waals surface area contributed by atoms with Crippen LogP contribution in [0.2, 0.25) is 0 Å². The molecule has 24 heavy (non-hydrogen) atoms. The van der Waals surface area contributed by atoms with E-state index >= 15 is 0 Å².